The predicted molar refractivity (Wildman–Crippen MR) is 108 cm³/mol. The number of pyridine rings is 1. The highest BCUT2D eigenvalue weighted by Gasteiger charge is 2.41. The molecule has 1 rings (SSSR count). The van der Waals surface area contributed by atoms with E-state index in [2.05, 4.69) is 20.8 Å². The molecule has 11 nitrogen and oxygen atoms in total. The lowest BCUT2D eigenvalue weighted by molar-refractivity contribution is -0.140. The zero-order valence-corrected chi connectivity index (χ0v) is 17.7. The Hall–Kier alpha value is -2.92. The van der Waals surface area contributed by atoms with Gasteiger partial charge in [-0.1, -0.05) is 25.1 Å². The van der Waals surface area contributed by atoms with Crippen molar-refractivity contribution in [1.82, 2.24) is 15.8 Å². The molecular formula is C19H29N5O6. The van der Waals surface area contributed by atoms with Crippen LogP contribution >= 0.6 is 0 Å². The molecule has 0 aliphatic carbocycles. The minimum atomic E-state index is -1.66. The molecule has 3 atom stereocenters. The minimum absolute atomic E-state index is 0.0762. The van der Waals surface area contributed by atoms with E-state index in [1.165, 1.54) is 18.8 Å². The Morgan fingerprint density at radius 3 is 2.33 bits per heavy atom. The number of aromatic nitrogens is 1. The van der Waals surface area contributed by atoms with Crippen molar-refractivity contribution >= 4 is 23.5 Å². The van der Waals surface area contributed by atoms with Crippen LogP contribution in [0.3, 0.4) is 0 Å². The molecule has 0 saturated carbocycles. The summed E-state index contributed by atoms with van der Waals surface area (Å²) in [6.07, 6.45) is 1.62. The van der Waals surface area contributed by atoms with Gasteiger partial charge in [-0.25, -0.2) is 10.5 Å². The molecule has 30 heavy (non-hydrogen) atoms. The molecule has 0 aliphatic rings. The van der Waals surface area contributed by atoms with Gasteiger partial charge < -0.3 is 15.4 Å². The third kappa shape index (κ3) is 6.85. The summed E-state index contributed by atoms with van der Waals surface area (Å²) in [6.45, 7) is 6.79. The fourth-order valence-corrected chi connectivity index (χ4v) is 2.81. The molecule has 1 aromatic rings. The Bertz CT molecular complexity index is 740. The second kappa shape index (κ2) is 11.3. The average molecular weight is 423 g/mol. The summed E-state index contributed by atoms with van der Waals surface area (Å²) in [4.78, 5) is 53.0. The van der Waals surface area contributed by atoms with Crippen LogP contribution in [0.5, 0.6) is 0 Å². The number of nitrogens with one attached hydrogen (secondary N) is 3. The number of ether oxygens (including phenoxy) is 1. The van der Waals surface area contributed by atoms with Crippen molar-refractivity contribution in [3.63, 3.8) is 0 Å². The van der Waals surface area contributed by atoms with Crippen LogP contribution < -0.4 is 16.1 Å². The number of carbonyl (C=O) groups is 3. The molecule has 0 saturated heterocycles. The standard InChI is InChI=1S/C19H29N5O6/c1-11(2)10-12(14(23-28)17(26)24-29)16(25)22-15(19(3,4)30-5)18(27)21-13-8-6-7-9-20-13/h6-9,11-12,14-15,29H,10H2,1-5H3,(H,22,25)(H,24,26)(H,20,21,27)/t12-,14+,15?/m1/s1. The number of anilines is 1. The Labute approximate surface area is 174 Å². The lowest BCUT2D eigenvalue weighted by atomic mass is 9.88. The molecule has 0 spiro atoms. The van der Waals surface area contributed by atoms with Gasteiger partial charge in [0.2, 0.25) is 5.91 Å². The van der Waals surface area contributed by atoms with Gasteiger partial charge in [-0.3, -0.25) is 19.6 Å². The van der Waals surface area contributed by atoms with Crippen molar-refractivity contribution in [2.45, 2.75) is 51.8 Å². The molecular weight excluding hydrogens is 394 g/mol. The van der Waals surface area contributed by atoms with E-state index in [9.17, 15) is 19.3 Å². The van der Waals surface area contributed by atoms with Crippen LogP contribution in [0.25, 0.3) is 0 Å². The van der Waals surface area contributed by atoms with Gasteiger partial charge in [0.1, 0.15) is 11.9 Å². The van der Waals surface area contributed by atoms with Crippen LogP contribution in [-0.4, -0.2) is 52.7 Å². The van der Waals surface area contributed by atoms with E-state index in [0.29, 0.717) is 0 Å². The second-order valence-corrected chi connectivity index (χ2v) is 7.72. The molecule has 1 unspecified atom stereocenters. The number of rotatable bonds is 11. The fourth-order valence-electron chi connectivity index (χ4n) is 2.81. The second-order valence-electron chi connectivity index (χ2n) is 7.72. The molecule has 0 fully saturated rings. The van der Waals surface area contributed by atoms with Crippen LogP contribution in [0, 0.1) is 16.7 Å². The molecule has 0 radical (unpaired) electrons. The van der Waals surface area contributed by atoms with Crippen LogP contribution in [0.1, 0.15) is 34.1 Å². The Kier molecular flexibility index (Phi) is 9.47. The van der Waals surface area contributed by atoms with Crippen LogP contribution in [-0.2, 0) is 19.1 Å². The van der Waals surface area contributed by atoms with Crippen molar-refractivity contribution in [3.8, 4) is 0 Å². The number of hydroxylamine groups is 1. The first-order chi connectivity index (χ1) is 14.1. The van der Waals surface area contributed by atoms with E-state index in [1.807, 2.05) is 0 Å². The van der Waals surface area contributed by atoms with Crippen molar-refractivity contribution in [2.24, 2.45) is 17.0 Å². The third-order valence-corrected chi connectivity index (χ3v) is 4.62. The van der Waals surface area contributed by atoms with Gasteiger partial charge in [0.25, 0.3) is 11.8 Å². The van der Waals surface area contributed by atoms with Gasteiger partial charge in [0.15, 0.2) is 6.04 Å². The molecule has 0 aliphatic heterocycles. The van der Waals surface area contributed by atoms with Gasteiger partial charge in [0.05, 0.1) is 11.5 Å². The maximum absolute atomic E-state index is 13.0. The first kappa shape index (κ1) is 25.1. The summed E-state index contributed by atoms with van der Waals surface area (Å²) in [7, 11) is 1.38. The summed E-state index contributed by atoms with van der Waals surface area (Å²) in [6, 6.07) is 2.10. The van der Waals surface area contributed by atoms with Crippen LogP contribution in [0.4, 0.5) is 5.82 Å². The normalized spacial score (nSPS) is 14.4. The van der Waals surface area contributed by atoms with E-state index in [1.54, 1.807) is 45.9 Å². The largest absolute Gasteiger partial charge is 0.376 e. The number of nitroso groups, excluding NO2 is 1. The van der Waals surface area contributed by atoms with Crippen molar-refractivity contribution in [2.75, 3.05) is 12.4 Å². The van der Waals surface area contributed by atoms with E-state index in [4.69, 9.17) is 9.94 Å². The van der Waals surface area contributed by atoms with Gasteiger partial charge in [-0.2, -0.15) is 0 Å². The van der Waals surface area contributed by atoms with Crippen LogP contribution in [0.15, 0.2) is 29.6 Å². The summed E-state index contributed by atoms with van der Waals surface area (Å²) >= 11 is 0. The van der Waals surface area contributed by atoms with Gasteiger partial charge in [0, 0.05) is 13.3 Å². The van der Waals surface area contributed by atoms with E-state index in [-0.39, 0.29) is 18.2 Å². The van der Waals surface area contributed by atoms with Crippen LogP contribution in [0.2, 0.25) is 0 Å². The number of hydrogen-bond donors (Lipinski definition) is 4. The van der Waals surface area contributed by atoms with Gasteiger partial charge >= 0.3 is 0 Å². The van der Waals surface area contributed by atoms with Gasteiger partial charge in [-0.15, -0.1) is 4.91 Å². The number of methoxy groups -OCH3 is 1. The number of nitrogens with zero attached hydrogens (tertiary/aromatic N) is 2. The third-order valence-electron chi connectivity index (χ3n) is 4.62. The molecule has 0 bridgehead atoms. The maximum Gasteiger partial charge on any atom is 0.272 e. The Morgan fingerprint density at radius 2 is 1.87 bits per heavy atom. The monoisotopic (exact) mass is 423 g/mol. The average Bonchev–Trinajstić information content (AvgIpc) is 2.71. The van der Waals surface area contributed by atoms with Gasteiger partial charge in [-0.05, 0) is 38.3 Å². The molecule has 3 amide bonds. The van der Waals surface area contributed by atoms with E-state index in [0.717, 1.165) is 0 Å². The zero-order valence-electron chi connectivity index (χ0n) is 17.7. The summed E-state index contributed by atoms with van der Waals surface area (Å²) < 4.78 is 5.38. The molecule has 166 valence electrons. The molecule has 4 N–H and O–H groups in total. The first-order valence-electron chi connectivity index (χ1n) is 9.41. The molecule has 1 heterocycles. The predicted octanol–water partition coefficient (Wildman–Crippen LogP) is 1.23. The Morgan fingerprint density at radius 1 is 1.20 bits per heavy atom. The Balaban J connectivity index is 3.17. The van der Waals surface area contributed by atoms with Crippen molar-refractivity contribution < 1.29 is 24.3 Å². The summed E-state index contributed by atoms with van der Waals surface area (Å²) in [5.41, 5.74) is 0.211. The highest BCUT2D eigenvalue weighted by Crippen LogP contribution is 2.22. The number of amides is 3. The highest BCUT2D eigenvalue weighted by atomic mass is 16.5. The lowest BCUT2D eigenvalue weighted by Crippen LogP contribution is -2.59. The minimum Gasteiger partial charge on any atom is -0.376 e. The zero-order chi connectivity index (χ0) is 22.9. The molecule has 1 aromatic heterocycles. The summed E-state index contributed by atoms with van der Waals surface area (Å²) in [5, 5.41) is 16.8. The fraction of sp³-hybridized carbons (Fsp3) is 0.579. The smallest absolute Gasteiger partial charge is 0.272 e. The quantitative estimate of drug-likeness (QED) is 0.237. The SMILES string of the molecule is COC(C)(C)C(NC(=O)[C@H](CC(C)C)[C@H](N=O)C(=O)NO)C(=O)Nc1ccccn1. The highest BCUT2D eigenvalue weighted by molar-refractivity contribution is 5.98. The topological polar surface area (TPSA) is 159 Å². The maximum atomic E-state index is 13.0. The molecule has 11 heteroatoms. The van der Waals surface area contributed by atoms with Crippen molar-refractivity contribution in [3.05, 3.63) is 29.3 Å². The molecule has 0 aromatic carbocycles. The van der Waals surface area contributed by atoms with Crippen molar-refractivity contribution in [1.29, 1.82) is 0 Å². The number of hydrogen-bond acceptors (Lipinski definition) is 8. The lowest BCUT2D eigenvalue weighted by Gasteiger charge is -2.34. The van der Waals surface area contributed by atoms with E-state index >= 15 is 0 Å². The van der Waals surface area contributed by atoms with E-state index < -0.39 is 41.3 Å². The summed E-state index contributed by atoms with van der Waals surface area (Å²) in [5.74, 6) is -3.45. The number of carbonyl (C=O) groups excluding carboxylic acids is 3. The first-order valence-corrected chi connectivity index (χ1v) is 9.41.